The van der Waals surface area contributed by atoms with Gasteiger partial charge in [0.2, 0.25) is 0 Å². The molecule has 0 bridgehead atoms. The lowest BCUT2D eigenvalue weighted by Crippen LogP contribution is -2.37. The smallest absolute Gasteiger partial charge is 0.321 e. The Bertz CT molecular complexity index is 687. The highest BCUT2D eigenvalue weighted by Crippen LogP contribution is 2.31. The summed E-state index contributed by atoms with van der Waals surface area (Å²) < 4.78 is 0. The molecule has 2 aromatic rings. The number of phenolic OH excluding ortho intramolecular Hbond substituents is 1. The molecule has 0 aliphatic heterocycles. The van der Waals surface area contributed by atoms with Crippen LogP contribution in [0, 0.1) is 0 Å². The number of hydrogen-bond donors (Lipinski definition) is 3. The summed E-state index contributed by atoms with van der Waals surface area (Å²) in [4.78, 5) is 11.4. The van der Waals surface area contributed by atoms with Crippen LogP contribution in [0.3, 0.4) is 0 Å². The zero-order valence-corrected chi connectivity index (χ0v) is 13.7. The molecule has 0 unspecified atom stereocenters. The topological polar surface area (TPSA) is 83.5 Å². The molecule has 2 aromatic carbocycles. The predicted molar refractivity (Wildman–Crippen MR) is 90.7 cm³/mol. The number of benzene rings is 2. The van der Waals surface area contributed by atoms with Crippen LogP contribution in [0.15, 0.2) is 48.5 Å². The third-order valence-corrected chi connectivity index (χ3v) is 4.01. The van der Waals surface area contributed by atoms with E-state index in [4.69, 9.17) is 5.73 Å². The van der Waals surface area contributed by atoms with E-state index >= 15 is 0 Å². The Morgan fingerprint density at radius 2 is 1.65 bits per heavy atom. The van der Waals surface area contributed by atoms with E-state index in [9.17, 15) is 15.0 Å². The second kappa shape index (κ2) is 6.42. The van der Waals surface area contributed by atoms with Crippen LogP contribution in [-0.2, 0) is 10.2 Å². The summed E-state index contributed by atoms with van der Waals surface area (Å²) in [6, 6.07) is 13.3. The molecule has 0 amide bonds. The standard InChI is InChI=1S/C19H23NO3/c1-19(2,3)14-9-7-12(8-10-14)16(17(20)18(22)23)13-5-4-6-15(21)11-13/h4-11,16-17,21H,20H2,1-3H3,(H,22,23)/t16-,17-/m0/s1. The lowest BCUT2D eigenvalue weighted by molar-refractivity contribution is -0.138. The minimum Gasteiger partial charge on any atom is -0.508 e. The fourth-order valence-corrected chi connectivity index (χ4v) is 2.66. The largest absolute Gasteiger partial charge is 0.508 e. The molecule has 122 valence electrons. The van der Waals surface area contributed by atoms with E-state index in [1.807, 2.05) is 24.3 Å². The number of phenols is 1. The first kappa shape index (κ1) is 17.0. The number of aliphatic carboxylic acids is 1. The molecular formula is C19H23NO3. The maximum Gasteiger partial charge on any atom is 0.321 e. The molecule has 23 heavy (non-hydrogen) atoms. The summed E-state index contributed by atoms with van der Waals surface area (Å²) in [7, 11) is 0. The van der Waals surface area contributed by atoms with Crippen LogP contribution in [-0.4, -0.2) is 22.2 Å². The molecule has 4 nitrogen and oxygen atoms in total. The first-order valence-corrected chi connectivity index (χ1v) is 7.58. The molecular weight excluding hydrogens is 290 g/mol. The van der Waals surface area contributed by atoms with Crippen molar-refractivity contribution in [1.29, 1.82) is 0 Å². The average molecular weight is 313 g/mol. The lowest BCUT2D eigenvalue weighted by Gasteiger charge is -2.24. The number of aromatic hydroxyl groups is 1. The Kier molecular flexibility index (Phi) is 4.76. The Morgan fingerprint density at radius 3 is 2.13 bits per heavy atom. The van der Waals surface area contributed by atoms with Crippen LogP contribution < -0.4 is 5.73 Å². The molecule has 0 aromatic heterocycles. The van der Waals surface area contributed by atoms with Crippen molar-refractivity contribution in [2.24, 2.45) is 5.73 Å². The lowest BCUT2D eigenvalue weighted by atomic mass is 9.82. The van der Waals surface area contributed by atoms with Crippen LogP contribution in [0.25, 0.3) is 0 Å². The molecule has 0 radical (unpaired) electrons. The van der Waals surface area contributed by atoms with Gasteiger partial charge in [0.05, 0.1) is 0 Å². The maximum atomic E-state index is 11.4. The summed E-state index contributed by atoms with van der Waals surface area (Å²) in [5, 5.41) is 19.0. The molecule has 0 spiro atoms. The number of nitrogens with two attached hydrogens (primary N) is 1. The number of carbonyl (C=O) groups is 1. The van der Waals surface area contributed by atoms with Crippen molar-refractivity contribution < 1.29 is 15.0 Å². The highest BCUT2D eigenvalue weighted by atomic mass is 16.4. The van der Waals surface area contributed by atoms with Crippen molar-refractivity contribution in [2.45, 2.75) is 38.1 Å². The van der Waals surface area contributed by atoms with Gasteiger partial charge < -0.3 is 15.9 Å². The van der Waals surface area contributed by atoms with Gasteiger partial charge in [0.1, 0.15) is 11.8 Å². The van der Waals surface area contributed by atoms with Crippen molar-refractivity contribution in [3.63, 3.8) is 0 Å². The summed E-state index contributed by atoms with van der Waals surface area (Å²) in [5.74, 6) is -1.50. The van der Waals surface area contributed by atoms with Gasteiger partial charge in [-0.3, -0.25) is 4.79 Å². The zero-order valence-electron chi connectivity index (χ0n) is 13.7. The molecule has 0 fully saturated rings. The summed E-state index contributed by atoms with van der Waals surface area (Å²) in [6.07, 6.45) is 0. The van der Waals surface area contributed by atoms with Crippen molar-refractivity contribution in [2.75, 3.05) is 0 Å². The highest BCUT2D eigenvalue weighted by molar-refractivity contribution is 5.75. The monoisotopic (exact) mass is 313 g/mol. The first-order chi connectivity index (χ1) is 10.7. The fourth-order valence-electron chi connectivity index (χ4n) is 2.66. The third kappa shape index (κ3) is 3.90. The van der Waals surface area contributed by atoms with Gasteiger partial charge in [0, 0.05) is 5.92 Å². The quantitative estimate of drug-likeness (QED) is 0.809. The third-order valence-electron chi connectivity index (χ3n) is 4.01. The van der Waals surface area contributed by atoms with E-state index in [2.05, 4.69) is 20.8 Å². The molecule has 0 saturated heterocycles. The summed E-state index contributed by atoms with van der Waals surface area (Å²) in [6.45, 7) is 6.37. The molecule has 0 heterocycles. The van der Waals surface area contributed by atoms with Gasteiger partial charge in [-0.1, -0.05) is 57.2 Å². The summed E-state index contributed by atoms with van der Waals surface area (Å²) in [5.41, 5.74) is 8.61. The van der Waals surface area contributed by atoms with Crippen LogP contribution in [0.4, 0.5) is 0 Å². The van der Waals surface area contributed by atoms with Gasteiger partial charge >= 0.3 is 5.97 Å². The van der Waals surface area contributed by atoms with E-state index in [1.54, 1.807) is 24.3 Å². The van der Waals surface area contributed by atoms with Gasteiger partial charge in [-0.2, -0.15) is 0 Å². The van der Waals surface area contributed by atoms with Crippen molar-refractivity contribution in [3.05, 3.63) is 65.2 Å². The normalized spacial score (nSPS) is 14.3. The highest BCUT2D eigenvalue weighted by Gasteiger charge is 2.28. The molecule has 4 N–H and O–H groups in total. The maximum absolute atomic E-state index is 11.4. The second-order valence-corrected chi connectivity index (χ2v) is 6.81. The summed E-state index contributed by atoms with van der Waals surface area (Å²) >= 11 is 0. The first-order valence-electron chi connectivity index (χ1n) is 7.58. The van der Waals surface area contributed by atoms with Crippen molar-refractivity contribution in [1.82, 2.24) is 0 Å². The average Bonchev–Trinajstić information content (AvgIpc) is 2.47. The number of rotatable bonds is 4. The number of carboxylic acids is 1. The van der Waals surface area contributed by atoms with Crippen molar-refractivity contribution in [3.8, 4) is 5.75 Å². The van der Waals surface area contributed by atoms with Crippen LogP contribution >= 0.6 is 0 Å². The van der Waals surface area contributed by atoms with Gasteiger partial charge in [-0.25, -0.2) is 0 Å². The molecule has 4 heteroatoms. The minimum atomic E-state index is -1.09. The SMILES string of the molecule is CC(C)(C)c1ccc([C@@H](c2cccc(O)c2)[C@H](N)C(=O)O)cc1. The van der Waals surface area contributed by atoms with Crippen LogP contribution in [0.2, 0.25) is 0 Å². The van der Waals surface area contributed by atoms with E-state index in [0.717, 1.165) is 5.56 Å². The predicted octanol–water partition coefficient (Wildman–Crippen LogP) is 3.23. The van der Waals surface area contributed by atoms with Gasteiger partial charge in [-0.05, 0) is 34.2 Å². The molecule has 2 rings (SSSR count). The van der Waals surface area contributed by atoms with Crippen molar-refractivity contribution >= 4 is 5.97 Å². The second-order valence-electron chi connectivity index (χ2n) is 6.81. The van der Waals surface area contributed by atoms with Gasteiger partial charge in [0.25, 0.3) is 0 Å². The molecule has 0 saturated carbocycles. The van der Waals surface area contributed by atoms with E-state index in [-0.39, 0.29) is 11.2 Å². The van der Waals surface area contributed by atoms with Gasteiger partial charge in [-0.15, -0.1) is 0 Å². The van der Waals surface area contributed by atoms with Crippen LogP contribution in [0.5, 0.6) is 5.75 Å². The number of carboxylic acid groups (broad SMARTS) is 1. The Balaban J connectivity index is 2.48. The zero-order chi connectivity index (χ0) is 17.2. The van der Waals surface area contributed by atoms with E-state index in [1.165, 1.54) is 5.56 Å². The van der Waals surface area contributed by atoms with E-state index in [0.29, 0.717) is 5.56 Å². The molecule has 2 atom stereocenters. The van der Waals surface area contributed by atoms with Gasteiger partial charge in [0.15, 0.2) is 0 Å². The molecule has 0 aliphatic carbocycles. The fraction of sp³-hybridized carbons (Fsp3) is 0.316. The number of hydrogen-bond acceptors (Lipinski definition) is 3. The molecule has 0 aliphatic rings. The Morgan fingerprint density at radius 1 is 1.04 bits per heavy atom. The van der Waals surface area contributed by atoms with Crippen LogP contribution in [0.1, 0.15) is 43.4 Å². The Labute approximate surface area is 136 Å². The van der Waals surface area contributed by atoms with E-state index < -0.39 is 17.9 Å². The Hall–Kier alpha value is -2.33. The minimum absolute atomic E-state index is 0.0218.